The SMILES string of the molecule is CCN(Cc1ccc(C(=O)N(C)C)cc1)C(=O)NC1CCOCC1. The van der Waals surface area contributed by atoms with Crippen molar-refractivity contribution in [3.63, 3.8) is 0 Å². The Morgan fingerprint density at radius 1 is 1.17 bits per heavy atom. The molecule has 0 spiro atoms. The van der Waals surface area contributed by atoms with Gasteiger partial charge in [0.05, 0.1) is 0 Å². The van der Waals surface area contributed by atoms with E-state index in [9.17, 15) is 9.59 Å². The monoisotopic (exact) mass is 333 g/mol. The summed E-state index contributed by atoms with van der Waals surface area (Å²) in [6, 6.07) is 7.57. The van der Waals surface area contributed by atoms with Crippen LogP contribution in [0.15, 0.2) is 24.3 Å². The number of nitrogens with zero attached hydrogens (tertiary/aromatic N) is 2. The molecule has 1 aromatic carbocycles. The topological polar surface area (TPSA) is 61.9 Å². The fraction of sp³-hybridized carbons (Fsp3) is 0.556. The van der Waals surface area contributed by atoms with Gasteiger partial charge < -0.3 is 19.9 Å². The van der Waals surface area contributed by atoms with Crippen LogP contribution in [0.25, 0.3) is 0 Å². The number of nitrogens with one attached hydrogen (secondary N) is 1. The van der Waals surface area contributed by atoms with E-state index in [1.54, 1.807) is 23.9 Å². The maximum atomic E-state index is 12.4. The molecular weight excluding hydrogens is 306 g/mol. The van der Waals surface area contributed by atoms with Gasteiger partial charge in [-0.15, -0.1) is 0 Å². The summed E-state index contributed by atoms with van der Waals surface area (Å²) >= 11 is 0. The third kappa shape index (κ3) is 4.96. The molecule has 1 N–H and O–H groups in total. The van der Waals surface area contributed by atoms with Crippen LogP contribution >= 0.6 is 0 Å². The second kappa shape index (κ2) is 8.68. The molecule has 3 amide bonds. The highest BCUT2D eigenvalue weighted by Crippen LogP contribution is 2.11. The van der Waals surface area contributed by atoms with Crippen LogP contribution < -0.4 is 5.32 Å². The molecule has 1 fully saturated rings. The lowest BCUT2D eigenvalue weighted by atomic mass is 10.1. The highest BCUT2D eigenvalue weighted by molar-refractivity contribution is 5.93. The number of benzene rings is 1. The molecule has 2 rings (SSSR count). The van der Waals surface area contributed by atoms with Crippen LogP contribution in [0.2, 0.25) is 0 Å². The van der Waals surface area contributed by atoms with Crippen molar-refractivity contribution >= 4 is 11.9 Å². The van der Waals surface area contributed by atoms with Crippen molar-refractivity contribution in [2.75, 3.05) is 33.9 Å². The largest absolute Gasteiger partial charge is 0.381 e. The molecule has 1 saturated heterocycles. The van der Waals surface area contributed by atoms with E-state index in [0.717, 1.165) is 18.4 Å². The zero-order valence-corrected chi connectivity index (χ0v) is 14.7. The first-order valence-electron chi connectivity index (χ1n) is 8.45. The smallest absolute Gasteiger partial charge is 0.317 e. The summed E-state index contributed by atoms with van der Waals surface area (Å²) < 4.78 is 5.32. The molecule has 0 bridgehead atoms. The van der Waals surface area contributed by atoms with Gasteiger partial charge in [0.15, 0.2) is 0 Å². The molecule has 1 aromatic rings. The van der Waals surface area contributed by atoms with Crippen molar-refractivity contribution in [1.29, 1.82) is 0 Å². The normalized spacial score (nSPS) is 15.0. The number of carbonyl (C=O) groups is 2. The molecule has 1 heterocycles. The highest BCUT2D eigenvalue weighted by atomic mass is 16.5. The third-order valence-corrected chi connectivity index (χ3v) is 4.20. The van der Waals surface area contributed by atoms with Crippen LogP contribution in [0, 0.1) is 0 Å². The molecule has 0 saturated carbocycles. The molecule has 0 radical (unpaired) electrons. The zero-order chi connectivity index (χ0) is 17.5. The summed E-state index contributed by atoms with van der Waals surface area (Å²) in [5.41, 5.74) is 1.66. The summed E-state index contributed by atoms with van der Waals surface area (Å²) in [5.74, 6) is -0.0221. The van der Waals surface area contributed by atoms with Gasteiger partial charge >= 0.3 is 6.03 Å². The lowest BCUT2D eigenvalue weighted by Crippen LogP contribution is -2.46. The first-order valence-corrected chi connectivity index (χ1v) is 8.45. The quantitative estimate of drug-likeness (QED) is 0.897. The summed E-state index contributed by atoms with van der Waals surface area (Å²) in [6.45, 7) is 4.54. The Bertz CT molecular complexity index is 551. The van der Waals surface area contributed by atoms with E-state index < -0.39 is 0 Å². The van der Waals surface area contributed by atoms with E-state index in [1.165, 1.54) is 0 Å². The van der Waals surface area contributed by atoms with Crippen molar-refractivity contribution < 1.29 is 14.3 Å². The number of ether oxygens (including phenoxy) is 1. The van der Waals surface area contributed by atoms with Gasteiger partial charge in [0.1, 0.15) is 0 Å². The van der Waals surface area contributed by atoms with Gasteiger partial charge in [0, 0.05) is 52.0 Å². The second-order valence-electron chi connectivity index (χ2n) is 6.25. The zero-order valence-electron chi connectivity index (χ0n) is 14.7. The molecule has 1 aliphatic rings. The van der Waals surface area contributed by atoms with Crippen LogP contribution in [0.4, 0.5) is 4.79 Å². The standard InChI is InChI=1S/C18H27N3O3/c1-4-21(18(23)19-16-9-11-24-12-10-16)13-14-5-7-15(8-6-14)17(22)20(2)3/h5-8,16H,4,9-13H2,1-3H3,(H,19,23). The van der Waals surface area contributed by atoms with Crippen LogP contribution in [-0.4, -0.2) is 61.6 Å². The van der Waals surface area contributed by atoms with Crippen molar-refractivity contribution in [1.82, 2.24) is 15.1 Å². The molecule has 0 aliphatic carbocycles. The number of hydrogen-bond donors (Lipinski definition) is 1. The van der Waals surface area contributed by atoms with Gasteiger partial charge in [-0.1, -0.05) is 12.1 Å². The lowest BCUT2D eigenvalue weighted by Gasteiger charge is -2.28. The van der Waals surface area contributed by atoms with E-state index in [1.807, 2.05) is 31.2 Å². The van der Waals surface area contributed by atoms with Gasteiger partial charge in [0.2, 0.25) is 0 Å². The van der Waals surface area contributed by atoms with Crippen molar-refractivity contribution in [2.45, 2.75) is 32.4 Å². The van der Waals surface area contributed by atoms with Crippen LogP contribution in [0.5, 0.6) is 0 Å². The van der Waals surface area contributed by atoms with Crippen LogP contribution in [0.1, 0.15) is 35.7 Å². The number of amides is 3. The van der Waals surface area contributed by atoms with Gasteiger partial charge in [-0.05, 0) is 37.5 Å². The van der Waals surface area contributed by atoms with E-state index in [-0.39, 0.29) is 18.0 Å². The number of urea groups is 1. The molecule has 24 heavy (non-hydrogen) atoms. The van der Waals surface area contributed by atoms with Crippen molar-refractivity contribution in [2.24, 2.45) is 0 Å². The summed E-state index contributed by atoms with van der Waals surface area (Å²) in [7, 11) is 3.46. The van der Waals surface area contributed by atoms with Gasteiger partial charge in [0.25, 0.3) is 5.91 Å². The number of rotatable bonds is 5. The Hall–Kier alpha value is -2.08. The maximum absolute atomic E-state index is 12.4. The number of carbonyl (C=O) groups excluding carboxylic acids is 2. The minimum atomic E-state index is -0.0437. The lowest BCUT2D eigenvalue weighted by molar-refractivity contribution is 0.0780. The minimum Gasteiger partial charge on any atom is -0.381 e. The Morgan fingerprint density at radius 3 is 2.33 bits per heavy atom. The fourth-order valence-corrected chi connectivity index (χ4v) is 2.67. The van der Waals surface area contributed by atoms with Gasteiger partial charge in [-0.3, -0.25) is 4.79 Å². The Labute approximate surface area is 143 Å². The second-order valence-corrected chi connectivity index (χ2v) is 6.25. The molecule has 0 unspecified atom stereocenters. The van der Waals surface area contributed by atoms with E-state index in [4.69, 9.17) is 4.74 Å². The number of hydrogen-bond acceptors (Lipinski definition) is 3. The molecule has 132 valence electrons. The summed E-state index contributed by atoms with van der Waals surface area (Å²) in [4.78, 5) is 27.7. The molecular formula is C18H27N3O3. The minimum absolute atomic E-state index is 0.0221. The van der Waals surface area contributed by atoms with E-state index in [2.05, 4.69) is 5.32 Å². The average Bonchev–Trinajstić information content (AvgIpc) is 2.60. The van der Waals surface area contributed by atoms with Gasteiger partial charge in [-0.25, -0.2) is 4.79 Å². The van der Waals surface area contributed by atoms with Gasteiger partial charge in [-0.2, -0.15) is 0 Å². The molecule has 0 atom stereocenters. The average molecular weight is 333 g/mol. The molecule has 0 aromatic heterocycles. The van der Waals surface area contributed by atoms with Crippen LogP contribution in [0.3, 0.4) is 0 Å². The first-order chi connectivity index (χ1) is 11.5. The first kappa shape index (κ1) is 18.3. The molecule has 1 aliphatic heterocycles. The van der Waals surface area contributed by atoms with Crippen molar-refractivity contribution in [3.05, 3.63) is 35.4 Å². The predicted molar refractivity (Wildman–Crippen MR) is 92.9 cm³/mol. The van der Waals surface area contributed by atoms with E-state index >= 15 is 0 Å². The van der Waals surface area contributed by atoms with E-state index in [0.29, 0.717) is 31.9 Å². The van der Waals surface area contributed by atoms with Crippen molar-refractivity contribution in [3.8, 4) is 0 Å². The maximum Gasteiger partial charge on any atom is 0.317 e. The Morgan fingerprint density at radius 2 is 1.79 bits per heavy atom. The summed E-state index contributed by atoms with van der Waals surface area (Å²) in [6.07, 6.45) is 1.73. The third-order valence-electron chi connectivity index (χ3n) is 4.20. The Kier molecular flexibility index (Phi) is 6.61. The van der Waals surface area contributed by atoms with Crippen LogP contribution in [-0.2, 0) is 11.3 Å². The Balaban J connectivity index is 1.93. The molecule has 6 heteroatoms. The predicted octanol–water partition coefficient (Wildman–Crippen LogP) is 2.10. The highest BCUT2D eigenvalue weighted by Gasteiger charge is 2.19. The molecule has 6 nitrogen and oxygen atoms in total. The fourth-order valence-electron chi connectivity index (χ4n) is 2.67. The summed E-state index contributed by atoms with van der Waals surface area (Å²) in [5, 5.41) is 3.08.